The summed E-state index contributed by atoms with van der Waals surface area (Å²) in [6.45, 7) is 61.4. The molecule has 10 bridgehead atoms. The van der Waals surface area contributed by atoms with Crippen LogP contribution in [0.2, 0.25) is 6.55 Å². The zero-order valence-corrected chi connectivity index (χ0v) is 71.2. The molecule has 0 N–H and O–H groups in total. The van der Waals surface area contributed by atoms with Crippen LogP contribution in [0.1, 0.15) is 6.92 Å². The van der Waals surface area contributed by atoms with Crippen molar-refractivity contribution in [2.45, 2.75) is 68.4 Å². The van der Waals surface area contributed by atoms with Crippen LogP contribution in [0, 0.1) is 0 Å². The Labute approximate surface area is 660 Å². The van der Waals surface area contributed by atoms with Crippen LogP contribution in [-0.2, 0) is 127 Å². The second kappa shape index (κ2) is 55.2. The van der Waals surface area contributed by atoms with E-state index in [2.05, 4.69) is 83.7 Å². The number of hydrogen-bond donors (Lipinski definition) is 0. The summed E-state index contributed by atoms with van der Waals surface area (Å²) in [7, 11) is -10.5. The second-order valence-electron chi connectivity index (χ2n) is 26.4. The number of rotatable bonds is 41. The molecular weight excluding hydrogens is 1520 g/mol. The summed E-state index contributed by atoms with van der Waals surface area (Å²) in [6.07, 6.45) is 14.3. The minimum absolute atomic E-state index is 0.0352. The van der Waals surface area contributed by atoms with Gasteiger partial charge in [0.05, 0.1) is 214 Å². The molecule has 0 aromatic carbocycles. The van der Waals surface area contributed by atoms with E-state index in [-0.39, 0.29) is 54.9 Å². The summed E-state index contributed by atoms with van der Waals surface area (Å²) in [5, 5.41) is 0. The van der Waals surface area contributed by atoms with Gasteiger partial charge in [0.15, 0.2) is 0 Å². The van der Waals surface area contributed by atoms with Gasteiger partial charge in [0.2, 0.25) is 0 Å². The van der Waals surface area contributed by atoms with Crippen molar-refractivity contribution in [2.24, 2.45) is 0 Å². The molecule has 15 fully saturated rings. The average molecular weight is 1660 g/mol. The maximum atomic E-state index is 6.24. The molecule has 0 aromatic heterocycles. The van der Waals surface area contributed by atoms with Gasteiger partial charge in [-0.25, -0.2) is 0 Å². The van der Waals surface area contributed by atoms with Gasteiger partial charge in [-0.05, 0) is 6.92 Å². The monoisotopic (exact) mass is 1650 g/mol. The van der Waals surface area contributed by atoms with E-state index in [4.69, 9.17) is 127 Å². The van der Waals surface area contributed by atoms with Crippen LogP contribution in [0.25, 0.3) is 0 Å². The predicted molar refractivity (Wildman–Crippen MR) is 418 cm³/mol. The van der Waals surface area contributed by atoms with Gasteiger partial charge in [-0.1, -0.05) is 54.7 Å². The lowest BCUT2D eigenvalue weighted by molar-refractivity contribution is -0.158. The van der Waals surface area contributed by atoms with Gasteiger partial charge in [-0.2, -0.15) is 0 Å². The molecule has 0 saturated carbocycles. The molecule has 632 valence electrons. The molecule has 15 heterocycles. The van der Waals surface area contributed by atoms with E-state index in [9.17, 15) is 0 Å². The molecule has 9 atom stereocenters. The molecule has 0 aromatic rings. The van der Waals surface area contributed by atoms with Gasteiger partial charge < -0.3 is 127 Å². The molecule has 0 aliphatic carbocycles. The third-order valence-electron chi connectivity index (χ3n) is 17.2. The highest BCUT2D eigenvalue weighted by Gasteiger charge is 2.56. The van der Waals surface area contributed by atoms with Gasteiger partial charge >= 0.3 is 45.0 Å². The summed E-state index contributed by atoms with van der Waals surface area (Å²) in [6, 6.07) is 0. The first kappa shape index (κ1) is 96.3. The third-order valence-corrected chi connectivity index (χ3v) is 28.8. The molecule has 15 aliphatic heterocycles. The maximum Gasteiger partial charge on any atom is 0.680 e. The van der Waals surface area contributed by atoms with E-state index >= 15 is 0 Å². The fraction of sp³-hybridized carbons (Fsp3) is 0.750. The zero-order chi connectivity index (χ0) is 79.0. The topological polar surface area (TPSA) is 275 Å². The molecule has 15 rings (SSSR count). The molecule has 9 unspecified atom stereocenters. The van der Waals surface area contributed by atoms with Crippen LogP contribution < -0.4 is 0 Å². The summed E-state index contributed by atoms with van der Waals surface area (Å²) < 4.78 is 162. The Kier molecular flexibility index (Phi) is 48.3. The Morgan fingerprint density at radius 2 is 0.482 bits per heavy atom. The van der Waals surface area contributed by atoms with Crippen molar-refractivity contribution in [1.82, 2.24) is 24.5 Å². The summed E-state index contributed by atoms with van der Waals surface area (Å²) in [5.41, 5.74) is 0. The van der Waals surface area contributed by atoms with Crippen LogP contribution in [0.4, 0.5) is 0 Å². The van der Waals surface area contributed by atoms with Crippen molar-refractivity contribution in [3.05, 3.63) is 114 Å². The predicted octanol–water partition coefficient (Wildman–Crippen LogP) is 3.25. The lowest BCUT2D eigenvalue weighted by Crippen LogP contribution is -2.65. The second-order valence-corrected chi connectivity index (χ2v) is 37.5. The fourth-order valence-corrected chi connectivity index (χ4v) is 22.8. The van der Waals surface area contributed by atoms with E-state index in [0.717, 1.165) is 78.5 Å². The Morgan fingerprint density at radius 3 is 0.755 bits per heavy atom. The van der Waals surface area contributed by atoms with Crippen molar-refractivity contribution in [3.63, 3.8) is 0 Å². The number of hydrogen-bond acceptors (Lipinski definition) is 33. The van der Waals surface area contributed by atoms with Crippen LogP contribution in [0.3, 0.4) is 0 Å². The highest BCUT2D eigenvalue weighted by atomic mass is 28.4. The smallest absolute Gasteiger partial charge is 0.375 e. The zero-order valence-electron chi connectivity index (χ0n) is 66.2. The normalized spacial score (nSPS) is 34.8. The van der Waals surface area contributed by atoms with Crippen LogP contribution in [0.15, 0.2) is 114 Å². The number of ether oxygens (including phenoxy) is 9. The quantitative estimate of drug-likeness (QED) is 0.0483. The fourth-order valence-electron chi connectivity index (χ4n) is 12.7. The maximum absolute atomic E-state index is 6.24. The highest BCUT2D eigenvalue weighted by molar-refractivity contribution is 6.59. The first-order chi connectivity index (χ1) is 53.6. The Morgan fingerprint density at radius 1 is 0.273 bits per heavy atom. The van der Waals surface area contributed by atoms with E-state index in [1.807, 2.05) is 13.5 Å². The largest absolute Gasteiger partial charge is 0.680 e. The summed E-state index contributed by atoms with van der Waals surface area (Å²) in [5.74, 6) is 0. The standard InChI is InChI=1S/C19H33NO7Si.C15H27NO6Si.C15H27NO5Si.C12H23NO5Si.C11H21NO5Si/c1-5-8-22-14-17-11-20-12-18(15-23-9-6-2)26-28(21-4,25-17)27-19(13-20)16-24-10-7-3;1-4-7-18-12-14-10-16-6-9-20-23(17-3,21-14)22-15(11-16)13-19-8-5-2;1-4-7-17-12-14-10-16-6-9-19-22(3,20-14)21-15(11-16)13-18-8-5-2;1-3-7-14-11-12-10-13-5-8-16-19(18-12,15-4-2)17-9-6-13;1-3-6-14-10-11-9-12-4-7-15-18(13-2,17-11)16-8-5-12/h5-7,17-19H,1-3,8-16H2,4H3;4-5,14-15H,1-2,6-13H2,3H3;4-5,14-15H,1-2,6-13H2,3H3;3,12H,1,4-11H2,2H3;3,11H,1,4-10H2,2H3. The Hall–Kier alpha value is -2.58. The van der Waals surface area contributed by atoms with E-state index in [1.54, 1.807) is 76.0 Å². The number of nitrogens with zero attached hydrogens (tertiary/aromatic N) is 5. The average Bonchev–Trinajstić information content (AvgIpc) is 0.805. The van der Waals surface area contributed by atoms with Crippen molar-refractivity contribution >= 4 is 45.0 Å². The van der Waals surface area contributed by atoms with Gasteiger partial charge in [0.1, 0.15) is 0 Å². The minimum Gasteiger partial charge on any atom is -0.375 e. The molecule has 33 nitrogen and oxygen atoms in total. The molecule has 110 heavy (non-hydrogen) atoms. The van der Waals surface area contributed by atoms with E-state index < -0.39 is 45.0 Å². The molecule has 15 saturated heterocycles. The van der Waals surface area contributed by atoms with Gasteiger partial charge in [-0.15, -0.1) is 59.2 Å². The molecule has 15 aliphatic rings. The van der Waals surface area contributed by atoms with Crippen molar-refractivity contribution in [3.8, 4) is 0 Å². The van der Waals surface area contributed by atoms with Gasteiger partial charge in [0.25, 0.3) is 0 Å². The van der Waals surface area contributed by atoms with Crippen LogP contribution in [0.5, 0.6) is 0 Å². The Balaban J connectivity index is 0.000000216. The van der Waals surface area contributed by atoms with Crippen molar-refractivity contribution in [1.29, 1.82) is 0 Å². The first-order valence-corrected chi connectivity index (χ1v) is 46.8. The number of fused-ring (bicyclic) bond motifs is 30. The molecule has 38 heteroatoms. The van der Waals surface area contributed by atoms with E-state index in [0.29, 0.717) is 185 Å². The van der Waals surface area contributed by atoms with Crippen molar-refractivity contribution < 1.29 is 127 Å². The molecule has 0 amide bonds. The van der Waals surface area contributed by atoms with E-state index in [1.165, 1.54) is 0 Å². The third kappa shape index (κ3) is 36.1. The van der Waals surface area contributed by atoms with Crippen LogP contribution in [-0.4, -0.2) is 409 Å². The Bertz CT molecular complexity index is 2450. The minimum atomic E-state index is -3.42. The summed E-state index contributed by atoms with van der Waals surface area (Å²) >= 11 is 0. The van der Waals surface area contributed by atoms with Gasteiger partial charge in [0, 0.05) is 133 Å². The lowest BCUT2D eigenvalue weighted by atomic mass is 10.2. The van der Waals surface area contributed by atoms with Gasteiger partial charge in [-0.3, -0.25) is 24.5 Å². The lowest BCUT2D eigenvalue weighted by Gasteiger charge is -2.45. The summed E-state index contributed by atoms with van der Waals surface area (Å²) in [4.78, 5) is 11.3. The SMILES string of the molecule is C=CCOCC1CN2CC(COCC=C)O[Si](OC)(O1)OC(COCC=C)C2.C=CCOCC1CN2CCO[Si](C)(O1)OC(COCC=C)C2.C=CCOCC1CN2CCO[Si](OC)(O1)OC(COCC=C)C2.C=CCOCC1CN2CCO[Si](OC)(OCC2)O1.C=CCOCC1CN2CCO[Si](OCC)(OCC2)O1. The molecule has 0 spiro atoms. The molecule has 0 radical (unpaired) electrons. The molecular formula is C72H131N5O28Si5. The van der Waals surface area contributed by atoms with Crippen molar-refractivity contribution in [2.75, 3.05) is 285 Å². The first-order valence-electron chi connectivity index (χ1n) is 38.1. The van der Waals surface area contributed by atoms with Crippen LogP contribution >= 0.6 is 0 Å². The highest BCUT2D eigenvalue weighted by Crippen LogP contribution is 2.29.